The van der Waals surface area contributed by atoms with E-state index >= 15 is 0 Å². The topological polar surface area (TPSA) is 60.0 Å². The minimum atomic E-state index is -5.19. The lowest BCUT2D eigenvalue weighted by Gasteiger charge is -2.25. The van der Waals surface area contributed by atoms with Crippen LogP contribution in [0.3, 0.4) is 0 Å². The number of carboxylic acids is 1. The fourth-order valence-corrected chi connectivity index (χ4v) is 2.82. The van der Waals surface area contributed by atoms with Gasteiger partial charge in [-0.05, 0) is 22.8 Å². The SMILES string of the molecule is O=C([O-])C(F)(F)F.c1ccc2c(CCN3CC[NH2+]CC3)cccc2c1. The number of piperazine rings is 1. The van der Waals surface area contributed by atoms with Crippen molar-refractivity contribution < 1.29 is 28.4 Å². The molecule has 0 radical (unpaired) electrons. The van der Waals surface area contributed by atoms with E-state index in [1.165, 1.54) is 55.5 Å². The lowest BCUT2D eigenvalue weighted by molar-refractivity contribution is -0.663. The molecule has 4 nitrogen and oxygen atoms in total. The van der Waals surface area contributed by atoms with E-state index in [1.54, 1.807) is 0 Å². The van der Waals surface area contributed by atoms with Crippen LogP contribution in [0.4, 0.5) is 13.2 Å². The van der Waals surface area contributed by atoms with Crippen LogP contribution >= 0.6 is 0 Å². The molecule has 7 heteroatoms. The lowest BCUT2D eigenvalue weighted by atomic mass is 10.0. The average Bonchev–Trinajstić information content (AvgIpc) is 2.60. The van der Waals surface area contributed by atoms with Gasteiger partial charge in [-0.1, -0.05) is 42.5 Å². The zero-order valence-corrected chi connectivity index (χ0v) is 13.8. The van der Waals surface area contributed by atoms with Crippen molar-refractivity contribution in [2.75, 3.05) is 32.7 Å². The van der Waals surface area contributed by atoms with Crippen LogP contribution < -0.4 is 10.4 Å². The number of carbonyl (C=O) groups excluding carboxylic acids is 1. The van der Waals surface area contributed by atoms with Crippen LogP contribution in [0.1, 0.15) is 5.56 Å². The van der Waals surface area contributed by atoms with E-state index in [0.29, 0.717) is 0 Å². The molecule has 0 saturated carbocycles. The molecule has 0 aliphatic carbocycles. The quantitative estimate of drug-likeness (QED) is 0.876. The van der Waals surface area contributed by atoms with Gasteiger partial charge >= 0.3 is 6.18 Å². The normalized spacial score (nSPS) is 15.5. The maximum Gasteiger partial charge on any atom is 0.430 e. The predicted octanol–water partition coefficient (Wildman–Crippen LogP) is 0.560. The number of nitrogens with two attached hydrogens (primary N) is 1. The zero-order chi connectivity index (χ0) is 18.3. The van der Waals surface area contributed by atoms with Crippen LogP contribution in [0.5, 0.6) is 0 Å². The predicted molar refractivity (Wildman–Crippen MR) is 86.8 cm³/mol. The monoisotopic (exact) mass is 354 g/mol. The maximum absolute atomic E-state index is 10.5. The summed E-state index contributed by atoms with van der Waals surface area (Å²) in [6.45, 7) is 6.20. The molecule has 0 unspecified atom stereocenters. The molecule has 1 fully saturated rings. The van der Waals surface area contributed by atoms with Gasteiger partial charge < -0.3 is 15.2 Å². The van der Waals surface area contributed by atoms with E-state index in [-0.39, 0.29) is 0 Å². The molecule has 2 aromatic carbocycles. The third-order valence-electron chi connectivity index (χ3n) is 4.11. The molecule has 0 aromatic heterocycles. The number of nitrogens with zero attached hydrogens (tertiary/aromatic N) is 1. The van der Waals surface area contributed by atoms with Crippen LogP contribution in [0.25, 0.3) is 10.8 Å². The lowest BCUT2D eigenvalue weighted by Crippen LogP contribution is -2.89. The van der Waals surface area contributed by atoms with Gasteiger partial charge in [0.15, 0.2) is 0 Å². The van der Waals surface area contributed by atoms with Crippen LogP contribution in [0, 0.1) is 0 Å². The van der Waals surface area contributed by atoms with Gasteiger partial charge in [0, 0.05) is 19.6 Å². The summed E-state index contributed by atoms with van der Waals surface area (Å²) in [5.74, 6) is -3.01. The highest BCUT2D eigenvalue weighted by Gasteiger charge is 2.28. The molecular weight excluding hydrogens is 333 g/mol. The number of rotatable bonds is 3. The Morgan fingerprint density at radius 1 is 1.08 bits per heavy atom. The minimum absolute atomic E-state index is 1.17. The smallest absolute Gasteiger partial charge is 0.430 e. The van der Waals surface area contributed by atoms with Gasteiger partial charge in [-0.2, -0.15) is 13.2 Å². The van der Waals surface area contributed by atoms with Crippen molar-refractivity contribution in [3.8, 4) is 0 Å². The fraction of sp³-hybridized carbons (Fsp3) is 0.389. The Bertz CT molecular complexity index is 693. The summed E-state index contributed by atoms with van der Waals surface area (Å²) in [5.41, 5.74) is 1.49. The molecule has 2 N–H and O–H groups in total. The highest BCUT2D eigenvalue weighted by atomic mass is 19.4. The van der Waals surface area contributed by atoms with Crippen molar-refractivity contribution in [3.05, 3.63) is 48.0 Å². The molecule has 0 bridgehead atoms. The van der Waals surface area contributed by atoms with Crippen LogP contribution in [0.2, 0.25) is 0 Å². The van der Waals surface area contributed by atoms with E-state index in [2.05, 4.69) is 52.7 Å². The first-order chi connectivity index (χ1) is 11.9. The summed E-state index contributed by atoms with van der Waals surface area (Å²) in [6.07, 6.45) is -4.03. The van der Waals surface area contributed by atoms with E-state index in [4.69, 9.17) is 9.90 Å². The van der Waals surface area contributed by atoms with Crippen molar-refractivity contribution in [3.63, 3.8) is 0 Å². The van der Waals surface area contributed by atoms with Crippen LogP contribution in [-0.2, 0) is 11.2 Å². The number of aliphatic carboxylic acids is 1. The largest absolute Gasteiger partial charge is 0.542 e. The first-order valence-electron chi connectivity index (χ1n) is 8.17. The Balaban J connectivity index is 0.000000277. The van der Waals surface area contributed by atoms with Gasteiger partial charge in [0.05, 0.1) is 13.1 Å². The standard InChI is InChI=1S/C16H20N2.C2HF3O2/c1-2-7-16-14(4-1)5-3-6-15(16)8-11-18-12-9-17-10-13-18;3-2(4,5)1(6)7/h1-7,17H,8-13H2;(H,6,7). The number of alkyl halides is 3. The fourth-order valence-electron chi connectivity index (χ4n) is 2.82. The van der Waals surface area contributed by atoms with Gasteiger partial charge in [0.1, 0.15) is 5.97 Å². The summed E-state index contributed by atoms with van der Waals surface area (Å²) < 4.78 is 31.5. The second kappa shape index (κ2) is 8.82. The highest BCUT2D eigenvalue weighted by molar-refractivity contribution is 5.85. The summed E-state index contributed by atoms with van der Waals surface area (Å²) in [5, 5.41) is 14.0. The Kier molecular flexibility index (Phi) is 6.78. The molecule has 25 heavy (non-hydrogen) atoms. The molecule has 2 aromatic rings. The zero-order valence-electron chi connectivity index (χ0n) is 13.8. The van der Waals surface area contributed by atoms with E-state index in [9.17, 15) is 13.2 Å². The van der Waals surface area contributed by atoms with Crippen LogP contribution in [0.15, 0.2) is 42.5 Å². The van der Waals surface area contributed by atoms with Crippen molar-refractivity contribution in [2.24, 2.45) is 0 Å². The summed E-state index contributed by atoms with van der Waals surface area (Å²) in [4.78, 5) is 11.4. The number of benzene rings is 2. The summed E-state index contributed by atoms with van der Waals surface area (Å²) >= 11 is 0. The molecule has 0 spiro atoms. The minimum Gasteiger partial charge on any atom is -0.542 e. The Hall–Kier alpha value is -2.12. The van der Waals surface area contributed by atoms with Crippen LogP contribution in [-0.4, -0.2) is 49.8 Å². The molecule has 1 saturated heterocycles. The third kappa shape index (κ3) is 6.03. The maximum atomic E-state index is 10.5. The van der Waals surface area contributed by atoms with Gasteiger partial charge in [-0.25, -0.2) is 0 Å². The summed E-state index contributed by atoms with van der Waals surface area (Å²) in [6, 6.07) is 15.4. The number of carboxylic acid groups (broad SMARTS) is 1. The summed E-state index contributed by atoms with van der Waals surface area (Å²) in [7, 11) is 0. The molecule has 0 atom stereocenters. The number of fused-ring (bicyclic) bond motifs is 1. The molecule has 1 heterocycles. The van der Waals surface area contributed by atoms with Crippen molar-refractivity contribution in [2.45, 2.75) is 12.6 Å². The van der Waals surface area contributed by atoms with Gasteiger partial charge in [-0.3, -0.25) is 4.90 Å². The Morgan fingerprint density at radius 2 is 1.68 bits per heavy atom. The molecule has 136 valence electrons. The molecule has 0 amide bonds. The molecule has 1 aliphatic heterocycles. The Morgan fingerprint density at radius 3 is 2.32 bits per heavy atom. The highest BCUT2D eigenvalue weighted by Crippen LogP contribution is 2.19. The first kappa shape index (κ1) is 19.2. The van der Waals surface area contributed by atoms with Crippen molar-refractivity contribution >= 4 is 16.7 Å². The average molecular weight is 354 g/mol. The van der Waals surface area contributed by atoms with E-state index in [1.807, 2.05) is 0 Å². The molecule has 1 aliphatic rings. The van der Waals surface area contributed by atoms with E-state index in [0.717, 1.165) is 0 Å². The first-order valence-corrected chi connectivity index (χ1v) is 8.17. The number of hydrogen-bond donors (Lipinski definition) is 1. The second-order valence-electron chi connectivity index (χ2n) is 5.88. The van der Waals surface area contributed by atoms with Crippen molar-refractivity contribution in [1.29, 1.82) is 0 Å². The molecular formula is C18H21F3N2O2. The molecule has 3 rings (SSSR count). The number of halogens is 3. The van der Waals surface area contributed by atoms with Gasteiger partial charge in [0.2, 0.25) is 0 Å². The van der Waals surface area contributed by atoms with Gasteiger partial charge in [-0.15, -0.1) is 0 Å². The second-order valence-corrected chi connectivity index (χ2v) is 5.88. The Labute approximate surface area is 144 Å². The van der Waals surface area contributed by atoms with E-state index < -0.39 is 12.1 Å². The third-order valence-corrected chi connectivity index (χ3v) is 4.11. The number of hydrogen-bond acceptors (Lipinski definition) is 3. The number of quaternary nitrogens is 1. The number of carbonyl (C=O) groups is 1. The van der Waals surface area contributed by atoms with Gasteiger partial charge in [0.25, 0.3) is 0 Å². The van der Waals surface area contributed by atoms with Crippen molar-refractivity contribution in [1.82, 2.24) is 4.90 Å².